The summed E-state index contributed by atoms with van der Waals surface area (Å²) in [5, 5.41) is 6.76. The fraction of sp³-hybridized carbons (Fsp3) is 0.182. The van der Waals surface area contributed by atoms with Crippen molar-refractivity contribution in [3.63, 3.8) is 0 Å². The smallest absolute Gasteiger partial charge is 0.160 e. The summed E-state index contributed by atoms with van der Waals surface area (Å²) in [4.78, 5) is 18.5. The Bertz CT molecular complexity index is 977. The molecule has 2 N–H and O–H groups in total. The number of hydrogen-bond donors (Lipinski definition) is 2. The third-order valence-electron chi connectivity index (χ3n) is 5.00. The van der Waals surface area contributed by atoms with Crippen molar-refractivity contribution in [2.24, 2.45) is 9.98 Å². The van der Waals surface area contributed by atoms with Crippen LogP contribution < -0.4 is 10.6 Å². The predicted octanol–water partition coefficient (Wildman–Crippen LogP) is 3.16. The van der Waals surface area contributed by atoms with Crippen LogP contribution >= 0.6 is 0 Å². The van der Waals surface area contributed by atoms with Crippen molar-refractivity contribution in [3.05, 3.63) is 71.9 Å². The number of aromatic nitrogens is 2. The Morgan fingerprint density at radius 3 is 1.96 bits per heavy atom. The highest BCUT2D eigenvalue weighted by molar-refractivity contribution is 5.71. The van der Waals surface area contributed by atoms with Gasteiger partial charge in [0.2, 0.25) is 0 Å². The molecule has 0 saturated carbocycles. The fourth-order valence-corrected chi connectivity index (χ4v) is 3.68. The highest BCUT2D eigenvalue weighted by atomic mass is 15.1. The van der Waals surface area contributed by atoms with Gasteiger partial charge in [0.25, 0.3) is 0 Å². The second-order valence-electron chi connectivity index (χ2n) is 6.72. The Morgan fingerprint density at radius 1 is 0.714 bits per heavy atom. The third-order valence-corrected chi connectivity index (χ3v) is 5.00. The summed E-state index contributed by atoms with van der Waals surface area (Å²) in [5.41, 5.74) is 5.16. The first kappa shape index (κ1) is 16.9. The molecule has 0 spiro atoms. The Morgan fingerprint density at radius 2 is 1.32 bits per heavy atom. The van der Waals surface area contributed by atoms with Gasteiger partial charge in [-0.25, -0.2) is 9.97 Å². The molecule has 6 heteroatoms. The molecular formula is C22H20N6. The second-order valence-corrected chi connectivity index (χ2v) is 6.72. The highest BCUT2D eigenvalue weighted by Gasteiger charge is 2.20. The first-order valence-corrected chi connectivity index (χ1v) is 9.42. The highest BCUT2D eigenvalue weighted by Crippen LogP contribution is 2.31. The Hall–Kier alpha value is -3.22. The molecule has 1 aromatic heterocycles. The van der Waals surface area contributed by atoms with Crippen LogP contribution in [0, 0.1) is 0 Å². The Labute approximate surface area is 163 Å². The molecule has 0 amide bonds. The summed E-state index contributed by atoms with van der Waals surface area (Å²) < 4.78 is 0. The van der Waals surface area contributed by atoms with Crippen molar-refractivity contribution in [1.29, 1.82) is 0 Å². The van der Waals surface area contributed by atoms with Gasteiger partial charge in [-0.05, 0) is 6.07 Å². The molecule has 0 bridgehead atoms. The minimum absolute atomic E-state index is 0.0288. The van der Waals surface area contributed by atoms with Crippen LogP contribution in [0.5, 0.6) is 0 Å². The van der Waals surface area contributed by atoms with Crippen LogP contribution in [0.4, 0.5) is 0 Å². The van der Waals surface area contributed by atoms with E-state index in [-0.39, 0.29) is 12.3 Å². The van der Waals surface area contributed by atoms with Crippen molar-refractivity contribution in [1.82, 2.24) is 20.6 Å². The standard InChI is InChI=1S/C22H20N6/c1-2-6-16(20-24-11-12-25-20)15(5-1)19-9-10-23-22(28-19)18-8-4-3-7-17(18)21-26-13-14-27-21/h1-11,13,20-21,25,27H,12,14H2. The molecule has 0 radical (unpaired) electrons. The number of nitrogens with one attached hydrogen (secondary N) is 2. The van der Waals surface area contributed by atoms with Gasteiger partial charge in [0.05, 0.1) is 5.69 Å². The van der Waals surface area contributed by atoms with E-state index in [0.717, 1.165) is 41.0 Å². The zero-order valence-corrected chi connectivity index (χ0v) is 15.3. The molecule has 2 aromatic carbocycles. The summed E-state index contributed by atoms with van der Waals surface area (Å²) in [7, 11) is 0. The van der Waals surface area contributed by atoms with Crippen molar-refractivity contribution in [2.45, 2.75) is 12.3 Å². The van der Waals surface area contributed by atoms with Gasteiger partial charge in [0.1, 0.15) is 12.3 Å². The molecule has 3 heterocycles. The fourth-order valence-electron chi connectivity index (χ4n) is 3.68. The monoisotopic (exact) mass is 368 g/mol. The first-order chi connectivity index (χ1) is 13.9. The molecule has 2 atom stereocenters. The van der Waals surface area contributed by atoms with Crippen LogP contribution in [-0.4, -0.2) is 35.5 Å². The van der Waals surface area contributed by atoms with E-state index in [1.54, 1.807) is 0 Å². The molecule has 0 aliphatic carbocycles. The largest absolute Gasteiger partial charge is 0.287 e. The Balaban J connectivity index is 1.58. The maximum atomic E-state index is 4.91. The average Bonchev–Trinajstić information content (AvgIpc) is 3.48. The quantitative estimate of drug-likeness (QED) is 0.742. The van der Waals surface area contributed by atoms with Gasteiger partial charge < -0.3 is 0 Å². The van der Waals surface area contributed by atoms with Gasteiger partial charge in [0, 0.05) is 54.0 Å². The van der Waals surface area contributed by atoms with Gasteiger partial charge in [-0.15, -0.1) is 0 Å². The van der Waals surface area contributed by atoms with Crippen LogP contribution in [0.1, 0.15) is 23.5 Å². The number of rotatable bonds is 4. The maximum absolute atomic E-state index is 4.91. The zero-order valence-electron chi connectivity index (χ0n) is 15.3. The lowest BCUT2D eigenvalue weighted by Gasteiger charge is -2.16. The van der Waals surface area contributed by atoms with E-state index in [2.05, 4.69) is 49.9 Å². The lowest BCUT2D eigenvalue weighted by molar-refractivity contribution is 0.644. The number of nitrogens with zero attached hydrogens (tertiary/aromatic N) is 4. The van der Waals surface area contributed by atoms with Gasteiger partial charge in [-0.2, -0.15) is 0 Å². The van der Waals surface area contributed by atoms with E-state index >= 15 is 0 Å². The molecule has 2 aliphatic rings. The van der Waals surface area contributed by atoms with Crippen molar-refractivity contribution in [2.75, 3.05) is 13.1 Å². The van der Waals surface area contributed by atoms with Crippen molar-refractivity contribution in [3.8, 4) is 22.6 Å². The van der Waals surface area contributed by atoms with Crippen LogP contribution in [0.3, 0.4) is 0 Å². The molecule has 5 rings (SSSR count). The van der Waals surface area contributed by atoms with E-state index in [0.29, 0.717) is 5.82 Å². The topological polar surface area (TPSA) is 74.6 Å². The molecule has 3 aromatic rings. The maximum Gasteiger partial charge on any atom is 0.160 e. The first-order valence-electron chi connectivity index (χ1n) is 9.42. The van der Waals surface area contributed by atoms with Crippen molar-refractivity contribution >= 4 is 12.4 Å². The molecule has 138 valence electrons. The molecule has 28 heavy (non-hydrogen) atoms. The lowest BCUT2D eigenvalue weighted by atomic mass is 10.0. The molecule has 0 saturated heterocycles. The number of benzene rings is 2. The van der Waals surface area contributed by atoms with Gasteiger partial charge >= 0.3 is 0 Å². The summed E-state index contributed by atoms with van der Waals surface area (Å²) in [6, 6.07) is 18.4. The zero-order chi connectivity index (χ0) is 18.8. The number of aliphatic imine (C=N–C) groups is 2. The molecule has 2 unspecified atom stereocenters. The van der Waals surface area contributed by atoms with E-state index in [1.807, 2.05) is 49.0 Å². The van der Waals surface area contributed by atoms with Crippen LogP contribution in [0.25, 0.3) is 22.6 Å². The van der Waals surface area contributed by atoms with Gasteiger partial charge in [-0.3, -0.25) is 20.6 Å². The molecule has 2 aliphatic heterocycles. The average molecular weight is 368 g/mol. The van der Waals surface area contributed by atoms with E-state index in [1.165, 1.54) is 0 Å². The molecule has 0 fully saturated rings. The summed E-state index contributed by atoms with van der Waals surface area (Å²) in [6.07, 6.45) is 5.57. The predicted molar refractivity (Wildman–Crippen MR) is 111 cm³/mol. The summed E-state index contributed by atoms with van der Waals surface area (Å²) >= 11 is 0. The minimum atomic E-state index is -0.0484. The van der Waals surface area contributed by atoms with Crippen LogP contribution in [0.2, 0.25) is 0 Å². The van der Waals surface area contributed by atoms with Crippen LogP contribution in [0.15, 0.2) is 70.8 Å². The normalized spacial score (nSPS) is 20.7. The number of hydrogen-bond acceptors (Lipinski definition) is 6. The van der Waals surface area contributed by atoms with E-state index in [4.69, 9.17) is 4.98 Å². The third kappa shape index (κ3) is 3.13. The van der Waals surface area contributed by atoms with E-state index in [9.17, 15) is 0 Å². The minimum Gasteiger partial charge on any atom is -0.287 e. The SMILES string of the molecule is C1=NC(c2ccccc2-c2ccnc(-c3ccccc3C3N=CCN3)n2)NC1. The Kier molecular flexibility index (Phi) is 4.48. The molecular weight excluding hydrogens is 348 g/mol. The van der Waals surface area contributed by atoms with Gasteiger partial charge in [0.15, 0.2) is 5.82 Å². The van der Waals surface area contributed by atoms with E-state index < -0.39 is 0 Å². The molecule has 6 nitrogen and oxygen atoms in total. The summed E-state index contributed by atoms with van der Waals surface area (Å²) in [5.74, 6) is 0.703. The van der Waals surface area contributed by atoms with Gasteiger partial charge in [-0.1, -0.05) is 48.5 Å². The summed E-state index contributed by atoms with van der Waals surface area (Å²) in [6.45, 7) is 1.57. The van der Waals surface area contributed by atoms with Crippen molar-refractivity contribution < 1.29 is 0 Å². The second kappa shape index (κ2) is 7.42. The lowest BCUT2D eigenvalue weighted by Crippen LogP contribution is -2.16. The van der Waals surface area contributed by atoms with Crippen LogP contribution in [-0.2, 0) is 0 Å².